The molecule has 3 rings (SSSR count). The molecule has 8 heteroatoms. The van der Waals surface area contributed by atoms with Crippen LogP contribution in [0.4, 0.5) is 10.8 Å². The van der Waals surface area contributed by atoms with Crippen molar-refractivity contribution in [3.05, 3.63) is 47.5 Å². The smallest absolute Gasteiger partial charge is 0.229 e. The Kier molecular flexibility index (Phi) is 5.70. The first-order valence-electron chi connectivity index (χ1n) is 7.86. The Bertz CT molecular complexity index is 958. The summed E-state index contributed by atoms with van der Waals surface area (Å²) in [4.78, 5) is 27.5. The van der Waals surface area contributed by atoms with Crippen LogP contribution < -0.4 is 15.4 Å². The van der Waals surface area contributed by atoms with Crippen LogP contribution in [-0.2, 0) is 9.59 Å². The SMILES string of the molecule is CC(=O)Nc1ccc2nc(NC(=O)CCOc3cccc(Cl)c3)sc2c1. The van der Waals surface area contributed by atoms with Gasteiger partial charge in [-0.05, 0) is 36.4 Å². The molecule has 0 fully saturated rings. The highest BCUT2D eigenvalue weighted by Crippen LogP contribution is 2.28. The van der Waals surface area contributed by atoms with Gasteiger partial charge < -0.3 is 15.4 Å². The van der Waals surface area contributed by atoms with E-state index in [1.165, 1.54) is 18.3 Å². The molecule has 0 bridgehead atoms. The van der Waals surface area contributed by atoms with Crippen molar-refractivity contribution in [2.45, 2.75) is 13.3 Å². The first-order valence-corrected chi connectivity index (χ1v) is 9.05. The van der Waals surface area contributed by atoms with Gasteiger partial charge in [-0.3, -0.25) is 9.59 Å². The first-order chi connectivity index (χ1) is 12.5. The Labute approximate surface area is 159 Å². The molecular formula is C18H16ClN3O3S. The van der Waals surface area contributed by atoms with Crippen LogP contribution >= 0.6 is 22.9 Å². The van der Waals surface area contributed by atoms with E-state index in [0.29, 0.717) is 21.6 Å². The van der Waals surface area contributed by atoms with Crippen LogP contribution in [0.3, 0.4) is 0 Å². The Morgan fingerprint density at radius 2 is 2.04 bits per heavy atom. The number of fused-ring (bicyclic) bond motifs is 1. The quantitative estimate of drug-likeness (QED) is 0.658. The molecule has 26 heavy (non-hydrogen) atoms. The van der Waals surface area contributed by atoms with E-state index in [4.69, 9.17) is 16.3 Å². The average Bonchev–Trinajstić information content (AvgIpc) is 2.95. The van der Waals surface area contributed by atoms with Crippen molar-refractivity contribution in [3.63, 3.8) is 0 Å². The summed E-state index contributed by atoms with van der Waals surface area (Å²) in [7, 11) is 0. The summed E-state index contributed by atoms with van der Waals surface area (Å²) in [6, 6.07) is 12.4. The van der Waals surface area contributed by atoms with Crippen molar-refractivity contribution >= 4 is 55.8 Å². The van der Waals surface area contributed by atoms with Gasteiger partial charge in [-0.15, -0.1) is 0 Å². The molecule has 3 aromatic rings. The van der Waals surface area contributed by atoms with Crippen molar-refractivity contribution in [2.24, 2.45) is 0 Å². The van der Waals surface area contributed by atoms with E-state index in [0.717, 1.165) is 10.2 Å². The second kappa shape index (κ2) is 8.16. The zero-order valence-corrected chi connectivity index (χ0v) is 15.5. The molecule has 1 heterocycles. The Morgan fingerprint density at radius 1 is 1.19 bits per heavy atom. The van der Waals surface area contributed by atoms with Crippen molar-refractivity contribution in [1.82, 2.24) is 4.98 Å². The highest BCUT2D eigenvalue weighted by atomic mass is 35.5. The number of hydrogen-bond donors (Lipinski definition) is 2. The highest BCUT2D eigenvalue weighted by molar-refractivity contribution is 7.22. The maximum absolute atomic E-state index is 12.1. The van der Waals surface area contributed by atoms with E-state index < -0.39 is 0 Å². The van der Waals surface area contributed by atoms with Crippen LogP contribution in [0.2, 0.25) is 5.02 Å². The minimum atomic E-state index is -0.187. The monoisotopic (exact) mass is 389 g/mol. The number of anilines is 2. The average molecular weight is 390 g/mol. The third-order valence-electron chi connectivity index (χ3n) is 3.35. The molecule has 2 N–H and O–H groups in total. The molecule has 0 unspecified atom stereocenters. The fraction of sp³-hybridized carbons (Fsp3) is 0.167. The van der Waals surface area contributed by atoms with E-state index >= 15 is 0 Å². The summed E-state index contributed by atoms with van der Waals surface area (Å²) < 4.78 is 6.38. The molecule has 0 aliphatic carbocycles. The largest absolute Gasteiger partial charge is 0.493 e. The molecule has 0 atom stereocenters. The zero-order chi connectivity index (χ0) is 18.5. The van der Waals surface area contributed by atoms with Crippen LogP contribution in [0.15, 0.2) is 42.5 Å². The summed E-state index contributed by atoms with van der Waals surface area (Å²) in [5, 5.41) is 6.58. The second-order valence-electron chi connectivity index (χ2n) is 5.49. The van der Waals surface area contributed by atoms with Crippen LogP contribution in [0.25, 0.3) is 10.2 Å². The van der Waals surface area contributed by atoms with Crippen LogP contribution in [-0.4, -0.2) is 23.4 Å². The number of nitrogens with one attached hydrogen (secondary N) is 2. The third kappa shape index (κ3) is 4.93. The molecule has 2 aromatic carbocycles. The molecule has 0 aliphatic rings. The number of rotatable bonds is 6. The second-order valence-corrected chi connectivity index (χ2v) is 6.95. The van der Waals surface area contributed by atoms with E-state index in [2.05, 4.69) is 15.6 Å². The van der Waals surface area contributed by atoms with Gasteiger partial charge in [0, 0.05) is 17.6 Å². The number of thiazole rings is 1. The molecule has 134 valence electrons. The maximum atomic E-state index is 12.1. The fourth-order valence-corrected chi connectivity index (χ4v) is 3.36. The molecule has 1 aromatic heterocycles. The van der Waals surface area contributed by atoms with Crippen molar-refractivity contribution in [1.29, 1.82) is 0 Å². The van der Waals surface area contributed by atoms with Gasteiger partial charge in [0.25, 0.3) is 0 Å². The van der Waals surface area contributed by atoms with Gasteiger partial charge in [-0.25, -0.2) is 4.98 Å². The Balaban J connectivity index is 1.56. The molecule has 0 saturated carbocycles. The molecule has 6 nitrogen and oxygen atoms in total. The van der Waals surface area contributed by atoms with Crippen LogP contribution in [0, 0.1) is 0 Å². The van der Waals surface area contributed by atoms with Gasteiger partial charge in [0.05, 0.1) is 23.2 Å². The predicted octanol–water partition coefficient (Wildman–Crippen LogP) is 4.32. The number of carbonyl (C=O) groups is 2. The van der Waals surface area contributed by atoms with Gasteiger partial charge in [0.2, 0.25) is 11.8 Å². The number of carbonyl (C=O) groups excluding carboxylic acids is 2. The van der Waals surface area contributed by atoms with Gasteiger partial charge in [0.15, 0.2) is 5.13 Å². The Hall–Kier alpha value is -2.64. The zero-order valence-electron chi connectivity index (χ0n) is 13.9. The first kappa shape index (κ1) is 18.2. The summed E-state index contributed by atoms with van der Waals surface area (Å²) in [6.07, 6.45) is 0.194. The summed E-state index contributed by atoms with van der Waals surface area (Å²) in [5.41, 5.74) is 1.45. The predicted molar refractivity (Wildman–Crippen MR) is 104 cm³/mol. The normalized spacial score (nSPS) is 10.5. The maximum Gasteiger partial charge on any atom is 0.229 e. The molecule has 0 radical (unpaired) electrons. The van der Waals surface area contributed by atoms with Crippen LogP contribution in [0.1, 0.15) is 13.3 Å². The Morgan fingerprint density at radius 3 is 2.81 bits per heavy atom. The summed E-state index contributed by atoms with van der Waals surface area (Å²) in [5.74, 6) is 0.297. The van der Waals surface area contributed by atoms with E-state index in [9.17, 15) is 9.59 Å². The molecule has 0 spiro atoms. The van der Waals surface area contributed by atoms with Gasteiger partial charge in [0.1, 0.15) is 5.75 Å². The lowest BCUT2D eigenvalue weighted by molar-refractivity contribution is -0.116. The van der Waals surface area contributed by atoms with E-state index in [1.807, 2.05) is 6.07 Å². The lowest BCUT2D eigenvalue weighted by Crippen LogP contribution is -2.15. The molecule has 0 saturated heterocycles. The summed E-state index contributed by atoms with van der Waals surface area (Å²) in [6.45, 7) is 1.69. The van der Waals surface area contributed by atoms with Crippen molar-refractivity contribution in [2.75, 3.05) is 17.2 Å². The number of amides is 2. The van der Waals surface area contributed by atoms with Crippen LogP contribution in [0.5, 0.6) is 5.75 Å². The third-order valence-corrected chi connectivity index (χ3v) is 4.52. The van der Waals surface area contributed by atoms with E-state index in [-0.39, 0.29) is 24.8 Å². The topological polar surface area (TPSA) is 80.3 Å². The minimum Gasteiger partial charge on any atom is -0.493 e. The number of aromatic nitrogens is 1. The lowest BCUT2D eigenvalue weighted by atomic mass is 10.3. The highest BCUT2D eigenvalue weighted by Gasteiger charge is 2.09. The van der Waals surface area contributed by atoms with Crippen molar-refractivity contribution < 1.29 is 14.3 Å². The number of halogens is 1. The number of benzene rings is 2. The standard InChI is InChI=1S/C18H16ClN3O3S/c1-11(23)20-13-5-6-15-16(10-13)26-18(21-15)22-17(24)7-8-25-14-4-2-3-12(19)9-14/h2-6,9-10H,7-8H2,1H3,(H,20,23)(H,21,22,24). The minimum absolute atomic E-state index is 0.137. The van der Waals surface area contributed by atoms with Gasteiger partial charge in [-0.1, -0.05) is 29.0 Å². The molecule has 0 aliphatic heterocycles. The fourth-order valence-electron chi connectivity index (χ4n) is 2.26. The number of ether oxygens (including phenoxy) is 1. The number of hydrogen-bond acceptors (Lipinski definition) is 5. The summed E-state index contributed by atoms with van der Waals surface area (Å²) >= 11 is 7.23. The molecule has 2 amide bonds. The van der Waals surface area contributed by atoms with Gasteiger partial charge in [-0.2, -0.15) is 0 Å². The number of nitrogens with zero attached hydrogens (tertiary/aromatic N) is 1. The molecular weight excluding hydrogens is 374 g/mol. The van der Waals surface area contributed by atoms with Crippen molar-refractivity contribution in [3.8, 4) is 5.75 Å². The van der Waals surface area contributed by atoms with Gasteiger partial charge >= 0.3 is 0 Å². The van der Waals surface area contributed by atoms with E-state index in [1.54, 1.807) is 36.4 Å². The lowest BCUT2D eigenvalue weighted by Gasteiger charge is -2.06.